The number of urea groups is 1. The molecule has 0 spiro atoms. The van der Waals surface area contributed by atoms with Crippen LogP contribution in [0.15, 0.2) is 30.6 Å². The van der Waals surface area contributed by atoms with E-state index >= 15 is 0 Å². The molecule has 5 aliphatic rings. The number of carbonyl (C=O) groups is 1. The highest BCUT2D eigenvalue weighted by Crippen LogP contribution is 2.33. The number of pyridine rings is 1. The summed E-state index contributed by atoms with van der Waals surface area (Å²) >= 11 is 0. The maximum absolute atomic E-state index is 13.6. The van der Waals surface area contributed by atoms with Crippen LogP contribution >= 0.6 is 0 Å². The number of amides is 2. The zero-order chi connectivity index (χ0) is 24.9. The molecule has 0 aliphatic carbocycles. The van der Waals surface area contributed by atoms with Crippen LogP contribution in [0.3, 0.4) is 0 Å². The Hall–Kier alpha value is -2.94. The number of H-pyrrole nitrogens is 1. The van der Waals surface area contributed by atoms with E-state index in [0.717, 1.165) is 57.6 Å². The minimum Gasteiger partial charge on any atom is -0.378 e. The van der Waals surface area contributed by atoms with E-state index in [1.165, 1.54) is 38.8 Å². The third kappa shape index (κ3) is 4.31. The van der Waals surface area contributed by atoms with Crippen molar-refractivity contribution in [1.82, 2.24) is 25.1 Å². The molecular weight excluding hydrogens is 466 g/mol. The molecule has 4 saturated heterocycles. The number of morpholine rings is 2. The molecule has 0 saturated carbocycles. The molecule has 3 aromatic rings. The number of benzene rings is 1. The van der Waals surface area contributed by atoms with E-state index in [-0.39, 0.29) is 24.2 Å². The number of aromatic nitrogens is 2. The molecule has 2 amide bonds. The van der Waals surface area contributed by atoms with Crippen molar-refractivity contribution in [2.24, 2.45) is 0 Å². The van der Waals surface area contributed by atoms with Crippen molar-refractivity contribution in [1.29, 1.82) is 0 Å². The highest BCUT2D eigenvalue weighted by molar-refractivity contribution is 5.80. The molecule has 194 valence electrons. The number of piperidine rings is 1. The number of aromatic amines is 1. The molecular formula is C29H35N5O3. The van der Waals surface area contributed by atoms with Crippen LogP contribution < -0.4 is 5.32 Å². The fourth-order valence-corrected chi connectivity index (χ4v) is 6.58. The molecule has 1 aromatic carbocycles. The van der Waals surface area contributed by atoms with Crippen LogP contribution in [-0.2, 0) is 28.9 Å². The predicted octanol–water partition coefficient (Wildman–Crippen LogP) is 3.46. The molecule has 7 heterocycles. The Kier molecular flexibility index (Phi) is 5.91. The lowest BCUT2D eigenvalue weighted by molar-refractivity contribution is -0.0923. The van der Waals surface area contributed by atoms with Gasteiger partial charge in [0.05, 0.1) is 38.0 Å². The van der Waals surface area contributed by atoms with Crippen molar-refractivity contribution in [3.05, 3.63) is 64.0 Å². The number of ether oxygens (including phenoxy) is 2. The summed E-state index contributed by atoms with van der Waals surface area (Å²) in [6, 6.07) is 7.49. The number of carbonyl (C=O) groups excluding carboxylic acids is 1. The Morgan fingerprint density at radius 1 is 1.19 bits per heavy atom. The largest absolute Gasteiger partial charge is 0.378 e. The first-order valence-electron chi connectivity index (χ1n) is 13.7. The number of fused-ring (bicyclic) bond motifs is 5. The molecule has 0 unspecified atom stereocenters. The molecule has 4 fully saturated rings. The fourth-order valence-electron chi connectivity index (χ4n) is 6.58. The predicted molar refractivity (Wildman–Crippen MR) is 141 cm³/mol. The van der Waals surface area contributed by atoms with Crippen molar-refractivity contribution in [2.45, 2.75) is 57.3 Å². The second-order valence-corrected chi connectivity index (χ2v) is 11.1. The van der Waals surface area contributed by atoms with Gasteiger partial charge in [-0.2, -0.15) is 0 Å². The monoisotopic (exact) mass is 501 g/mol. The number of aryl methyl sites for hydroxylation is 1. The summed E-state index contributed by atoms with van der Waals surface area (Å²) in [4.78, 5) is 25.6. The lowest BCUT2D eigenvalue weighted by Crippen LogP contribution is -2.60. The van der Waals surface area contributed by atoms with E-state index in [1.807, 2.05) is 12.4 Å². The summed E-state index contributed by atoms with van der Waals surface area (Å²) in [5.41, 5.74) is 8.59. The van der Waals surface area contributed by atoms with Gasteiger partial charge in [-0.05, 0) is 72.1 Å². The van der Waals surface area contributed by atoms with Crippen molar-refractivity contribution in [3.63, 3.8) is 0 Å². The molecule has 8 nitrogen and oxygen atoms in total. The average Bonchev–Trinajstić information content (AvgIpc) is 3.33. The molecule has 37 heavy (non-hydrogen) atoms. The van der Waals surface area contributed by atoms with Gasteiger partial charge in [-0.3, -0.25) is 0 Å². The van der Waals surface area contributed by atoms with E-state index in [2.05, 4.69) is 50.2 Å². The summed E-state index contributed by atoms with van der Waals surface area (Å²) < 4.78 is 11.7. The zero-order valence-electron chi connectivity index (χ0n) is 21.5. The summed E-state index contributed by atoms with van der Waals surface area (Å²) in [6.45, 7) is 7.19. The number of nitrogens with zero attached hydrogens (tertiary/aromatic N) is 3. The first-order chi connectivity index (χ1) is 18.1. The first-order valence-corrected chi connectivity index (χ1v) is 13.7. The summed E-state index contributed by atoms with van der Waals surface area (Å²) in [5.74, 6) is 0. The number of hydrogen-bond acceptors (Lipinski definition) is 5. The van der Waals surface area contributed by atoms with Gasteiger partial charge in [0.1, 0.15) is 5.65 Å². The minimum atomic E-state index is 0.143. The molecule has 3 atom stereocenters. The second kappa shape index (κ2) is 9.42. The highest BCUT2D eigenvalue weighted by atomic mass is 16.5. The van der Waals surface area contributed by atoms with Gasteiger partial charge in [0.2, 0.25) is 0 Å². The number of rotatable bonds is 3. The smallest absolute Gasteiger partial charge is 0.320 e. The van der Waals surface area contributed by atoms with Crippen LogP contribution in [0.1, 0.15) is 52.3 Å². The van der Waals surface area contributed by atoms with Gasteiger partial charge in [-0.1, -0.05) is 12.1 Å². The topological polar surface area (TPSA) is 82.7 Å². The SMILES string of the molecule is Cc1c[nH]c2ncc(Cc3cc4c(c([C@@H]5COCCN5)c3)CN(C(=O)N3C[C@@H]5CC[C@H]3CO5)CC4)cc12. The van der Waals surface area contributed by atoms with Crippen LogP contribution in [-0.4, -0.2) is 77.4 Å². The summed E-state index contributed by atoms with van der Waals surface area (Å²) in [7, 11) is 0. The van der Waals surface area contributed by atoms with E-state index in [1.54, 1.807) is 0 Å². The third-order valence-corrected chi connectivity index (χ3v) is 8.64. The molecule has 8 rings (SSSR count). The van der Waals surface area contributed by atoms with Gasteiger partial charge in [-0.15, -0.1) is 0 Å². The van der Waals surface area contributed by atoms with Gasteiger partial charge in [0.25, 0.3) is 0 Å². The highest BCUT2D eigenvalue weighted by Gasteiger charge is 2.40. The molecule has 0 radical (unpaired) electrons. The van der Waals surface area contributed by atoms with Crippen LogP contribution in [0.5, 0.6) is 0 Å². The zero-order valence-corrected chi connectivity index (χ0v) is 21.5. The Balaban J connectivity index is 1.18. The molecule has 5 aliphatic heterocycles. The first kappa shape index (κ1) is 23.2. The summed E-state index contributed by atoms with van der Waals surface area (Å²) in [6.07, 6.45) is 8.04. The van der Waals surface area contributed by atoms with E-state index < -0.39 is 0 Å². The Labute approximate surface area is 217 Å². The fraction of sp³-hybridized carbons (Fsp3) is 0.517. The third-order valence-electron chi connectivity index (χ3n) is 8.64. The maximum Gasteiger partial charge on any atom is 0.320 e. The van der Waals surface area contributed by atoms with E-state index in [9.17, 15) is 4.79 Å². The lowest BCUT2D eigenvalue weighted by atomic mass is 9.87. The molecule has 2 aromatic heterocycles. The van der Waals surface area contributed by atoms with Crippen LogP contribution in [0.4, 0.5) is 4.79 Å². The van der Waals surface area contributed by atoms with Gasteiger partial charge in [0, 0.05) is 44.0 Å². The van der Waals surface area contributed by atoms with Gasteiger partial charge in [-0.25, -0.2) is 9.78 Å². The number of nitrogens with one attached hydrogen (secondary N) is 2. The minimum absolute atomic E-state index is 0.143. The second-order valence-electron chi connectivity index (χ2n) is 11.1. The van der Waals surface area contributed by atoms with Crippen LogP contribution in [0.2, 0.25) is 0 Å². The van der Waals surface area contributed by atoms with E-state index in [4.69, 9.17) is 9.47 Å². The normalized spacial score (nSPS) is 25.5. The maximum atomic E-state index is 13.6. The Morgan fingerprint density at radius 3 is 2.92 bits per heavy atom. The van der Waals surface area contributed by atoms with E-state index in [0.29, 0.717) is 19.8 Å². The van der Waals surface area contributed by atoms with Crippen molar-refractivity contribution >= 4 is 17.1 Å². The summed E-state index contributed by atoms with van der Waals surface area (Å²) in [5, 5.41) is 4.85. The molecule has 8 heteroatoms. The van der Waals surface area contributed by atoms with Crippen molar-refractivity contribution in [3.8, 4) is 0 Å². The van der Waals surface area contributed by atoms with Crippen LogP contribution in [0.25, 0.3) is 11.0 Å². The van der Waals surface area contributed by atoms with Gasteiger partial charge in [0.15, 0.2) is 0 Å². The van der Waals surface area contributed by atoms with Crippen LogP contribution in [0, 0.1) is 6.92 Å². The van der Waals surface area contributed by atoms with Crippen molar-refractivity contribution < 1.29 is 14.3 Å². The standard InChI is InChI=1S/C29H35N5O3/c1-18-12-31-28-24(18)11-20(13-32-28)8-19-9-21-4-6-33(29(35)34-14-23-3-2-22(34)16-37-23)15-26(21)25(10-19)27-17-36-7-5-30-27/h9-13,22-23,27,30H,2-8,14-17H2,1H3,(H,31,32)/t22-,23-,27-/m0/s1. The molecule has 2 bridgehead atoms. The average molecular weight is 502 g/mol. The van der Waals surface area contributed by atoms with Gasteiger partial charge >= 0.3 is 6.03 Å². The Morgan fingerprint density at radius 2 is 2.14 bits per heavy atom. The molecule has 2 N–H and O–H groups in total. The Bertz CT molecular complexity index is 1320. The van der Waals surface area contributed by atoms with Gasteiger partial charge < -0.3 is 29.6 Å². The quantitative estimate of drug-likeness (QED) is 0.574. The number of hydrogen-bond donors (Lipinski definition) is 2. The van der Waals surface area contributed by atoms with Crippen molar-refractivity contribution in [2.75, 3.05) is 39.5 Å². The lowest BCUT2D eigenvalue weighted by Gasteiger charge is -2.47.